The number of H-pyrrole nitrogens is 1. The Kier molecular flexibility index (Phi) is 4.28. The molecular weight excluding hydrogens is 277 g/mol. The first-order valence-electron chi connectivity index (χ1n) is 4.85. The number of carbonyl (C=O) groups excluding carboxylic acids is 1. The Bertz CT molecular complexity index is 535. The first-order valence-corrected chi connectivity index (χ1v) is 4.85. The zero-order chi connectivity index (χ0) is 14.8. The van der Waals surface area contributed by atoms with Crippen molar-refractivity contribution in [1.82, 2.24) is 4.98 Å². The average molecular weight is 285 g/mol. The number of halogens is 5. The average Bonchev–Trinajstić information content (AvgIpc) is 2.29. The fraction of sp³-hybridized carbons (Fsp3) is 0.400. The Morgan fingerprint density at radius 3 is 2.42 bits per heavy atom. The fourth-order valence-electron chi connectivity index (χ4n) is 1.46. The van der Waals surface area contributed by atoms with Crippen molar-refractivity contribution < 1.29 is 31.5 Å². The van der Waals surface area contributed by atoms with Crippen molar-refractivity contribution in [3.05, 3.63) is 33.2 Å². The lowest BCUT2D eigenvalue weighted by Crippen LogP contribution is -2.24. The van der Waals surface area contributed by atoms with Crippen LogP contribution in [0.3, 0.4) is 0 Å². The van der Waals surface area contributed by atoms with Crippen LogP contribution in [0.15, 0.2) is 11.0 Å². The van der Waals surface area contributed by atoms with E-state index in [0.717, 1.165) is 7.11 Å². The van der Waals surface area contributed by atoms with Gasteiger partial charge in [0.15, 0.2) is 0 Å². The van der Waals surface area contributed by atoms with Crippen LogP contribution in [0.5, 0.6) is 0 Å². The van der Waals surface area contributed by atoms with Crippen molar-refractivity contribution in [3.63, 3.8) is 0 Å². The molecule has 9 heteroatoms. The summed E-state index contributed by atoms with van der Waals surface area (Å²) in [4.78, 5) is 24.0. The molecule has 0 saturated carbocycles. The van der Waals surface area contributed by atoms with Crippen LogP contribution in [0.25, 0.3) is 0 Å². The maximum Gasteiger partial charge on any atom is 0.418 e. The van der Waals surface area contributed by atoms with Crippen molar-refractivity contribution in [2.75, 3.05) is 7.11 Å². The molecule has 0 amide bonds. The summed E-state index contributed by atoms with van der Waals surface area (Å²) in [5.41, 5.74) is -5.31. The van der Waals surface area contributed by atoms with Gasteiger partial charge in [-0.3, -0.25) is 9.59 Å². The predicted octanol–water partition coefficient (Wildman–Crippen LogP) is 2.05. The van der Waals surface area contributed by atoms with E-state index in [0.29, 0.717) is 0 Å². The van der Waals surface area contributed by atoms with Gasteiger partial charge in [0.1, 0.15) is 0 Å². The molecule has 0 atom stereocenters. The minimum absolute atomic E-state index is 0.157. The van der Waals surface area contributed by atoms with Crippen LogP contribution in [-0.4, -0.2) is 18.1 Å². The van der Waals surface area contributed by atoms with Gasteiger partial charge < -0.3 is 9.72 Å². The highest BCUT2D eigenvalue weighted by atomic mass is 19.4. The topological polar surface area (TPSA) is 59.2 Å². The number of pyridine rings is 1. The van der Waals surface area contributed by atoms with E-state index in [2.05, 4.69) is 4.74 Å². The number of carbonyl (C=O) groups is 1. The smallest absolute Gasteiger partial charge is 0.418 e. The third-order valence-corrected chi connectivity index (χ3v) is 2.31. The van der Waals surface area contributed by atoms with E-state index in [1.54, 1.807) is 4.98 Å². The third kappa shape index (κ3) is 3.30. The molecule has 19 heavy (non-hydrogen) atoms. The number of hydrogen-bond acceptors (Lipinski definition) is 3. The highest BCUT2D eigenvalue weighted by molar-refractivity contribution is 5.73. The Morgan fingerprint density at radius 1 is 1.42 bits per heavy atom. The zero-order valence-electron chi connectivity index (χ0n) is 9.48. The summed E-state index contributed by atoms with van der Waals surface area (Å²) in [5.74, 6) is -1.09. The summed E-state index contributed by atoms with van der Waals surface area (Å²) in [6.07, 6.45) is -9.42. The van der Waals surface area contributed by atoms with Crippen molar-refractivity contribution >= 4 is 5.97 Å². The highest BCUT2D eigenvalue weighted by Crippen LogP contribution is 2.36. The number of ether oxygens (including phenoxy) is 1. The Labute approximate surface area is 103 Å². The van der Waals surface area contributed by atoms with E-state index in [1.807, 2.05) is 0 Å². The lowest BCUT2D eigenvalue weighted by atomic mass is 10.0. The highest BCUT2D eigenvalue weighted by Gasteiger charge is 2.38. The van der Waals surface area contributed by atoms with Crippen molar-refractivity contribution in [2.24, 2.45) is 0 Å². The Hall–Kier alpha value is -1.93. The standard InChI is InChI=1S/C10H8F5NO3/c1-19-6(17)2-4-7(8(11)12)5(10(13,14)15)3-16-9(4)18/h3,8H,2H2,1H3,(H,16,18). The van der Waals surface area contributed by atoms with Gasteiger partial charge in [-0.1, -0.05) is 0 Å². The number of hydrogen-bond donors (Lipinski definition) is 1. The first-order chi connectivity index (χ1) is 8.68. The number of esters is 1. The van der Waals surface area contributed by atoms with E-state index in [-0.39, 0.29) is 6.20 Å². The van der Waals surface area contributed by atoms with E-state index in [9.17, 15) is 31.5 Å². The van der Waals surface area contributed by atoms with Crippen molar-refractivity contribution in [2.45, 2.75) is 19.0 Å². The molecule has 106 valence electrons. The number of aromatic amines is 1. The van der Waals surface area contributed by atoms with Gasteiger partial charge in [-0.15, -0.1) is 0 Å². The summed E-state index contributed by atoms with van der Waals surface area (Å²) in [7, 11) is 0.923. The van der Waals surface area contributed by atoms with Gasteiger partial charge in [0.25, 0.3) is 12.0 Å². The molecule has 0 bridgehead atoms. The van der Waals surface area contributed by atoms with Gasteiger partial charge in [0.05, 0.1) is 19.1 Å². The van der Waals surface area contributed by atoms with Gasteiger partial charge in [0.2, 0.25) is 0 Å². The van der Waals surface area contributed by atoms with E-state index < -0.39 is 47.2 Å². The van der Waals surface area contributed by atoms with Gasteiger partial charge in [-0.25, -0.2) is 8.78 Å². The zero-order valence-corrected chi connectivity index (χ0v) is 9.48. The normalized spacial score (nSPS) is 11.7. The molecule has 1 heterocycles. The second kappa shape index (κ2) is 5.37. The van der Waals surface area contributed by atoms with Crippen LogP contribution in [0.4, 0.5) is 22.0 Å². The summed E-state index contributed by atoms with van der Waals surface area (Å²) >= 11 is 0. The molecule has 0 aromatic carbocycles. The lowest BCUT2D eigenvalue weighted by molar-refractivity contribution is -0.141. The second-order valence-corrected chi connectivity index (χ2v) is 3.48. The molecule has 0 aliphatic heterocycles. The van der Waals surface area contributed by atoms with Crippen LogP contribution >= 0.6 is 0 Å². The minimum atomic E-state index is -5.07. The maximum atomic E-state index is 12.7. The van der Waals surface area contributed by atoms with E-state index >= 15 is 0 Å². The molecule has 0 fully saturated rings. The fourth-order valence-corrected chi connectivity index (χ4v) is 1.46. The summed E-state index contributed by atoms with van der Waals surface area (Å²) in [6.45, 7) is 0. The molecule has 1 N–H and O–H groups in total. The summed E-state index contributed by atoms with van der Waals surface area (Å²) in [6, 6.07) is 0. The van der Waals surface area contributed by atoms with Crippen LogP contribution in [0, 0.1) is 0 Å². The Morgan fingerprint density at radius 2 is 2.00 bits per heavy atom. The summed E-state index contributed by atoms with van der Waals surface area (Å²) < 4.78 is 67.4. The molecule has 4 nitrogen and oxygen atoms in total. The number of rotatable bonds is 3. The van der Waals surface area contributed by atoms with Gasteiger partial charge in [0, 0.05) is 17.3 Å². The number of aromatic nitrogens is 1. The first kappa shape index (κ1) is 15.1. The molecule has 0 unspecified atom stereocenters. The molecule has 0 aliphatic carbocycles. The van der Waals surface area contributed by atoms with Gasteiger partial charge in [-0.05, 0) is 0 Å². The van der Waals surface area contributed by atoms with Crippen LogP contribution in [-0.2, 0) is 22.1 Å². The molecule has 1 rings (SSSR count). The van der Waals surface area contributed by atoms with Gasteiger partial charge >= 0.3 is 12.1 Å². The molecule has 1 aromatic heterocycles. The van der Waals surface area contributed by atoms with E-state index in [4.69, 9.17) is 0 Å². The molecule has 0 spiro atoms. The monoisotopic (exact) mass is 285 g/mol. The quantitative estimate of drug-likeness (QED) is 0.683. The summed E-state index contributed by atoms with van der Waals surface area (Å²) in [5, 5.41) is 0. The molecule has 0 aliphatic rings. The second-order valence-electron chi connectivity index (χ2n) is 3.48. The van der Waals surface area contributed by atoms with Crippen LogP contribution < -0.4 is 5.56 Å². The number of alkyl halides is 5. The number of nitrogens with one attached hydrogen (secondary N) is 1. The van der Waals surface area contributed by atoms with Crippen molar-refractivity contribution in [1.29, 1.82) is 0 Å². The largest absolute Gasteiger partial charge is 0.469 e. The predicted molar refractivity (Wildman–Crippen MR) is 52.7 cm³/mol. The van der Waals surface area contributed by atoms with Crippen LogP contribution in [0.2, 0.25) is 0 Å². The molecule has 1 aromatic rings. The maximum absolute atomic E-state index is 12.7. The lowest BCUT2D eigenvalue weighted by Gasteiger charge is -2.15. The van der Waals surface area contributed by atoms with Crippen LogP contribution in [0.1, 0.15) is 23.1 Å². The minimum Gasteiger partial charge on any atom is -0.469 e. The Balaban J connectivity index is 3.51. The SMILES string of the molecule is COC(=O)Cc1c(C(F)F)c(C(F)(F)F)c[nH]c1=O. The molecular formula is C10H8F5NO3. The third-order valence-electron chi connectivity index (χ3n) is 2.31. The molecule has 0 radical (unpaired) electrons. The molecule has 0 saturated heterocycles. The van der Waals surface area contributed by atoms with E-state index in [1.165, 1.54) is 0 Å². The van der Waals surface area contributed by atoms with Gasteiger partial charge in [-0.2, -0.15) is 13.2 Å². The van der Waals surface area contributed by atoms with Crippen molar-refractivity contribution in [3.8, 4) is 0 Å². The number of methoxy groups -OCH3 is 1.